The van der Waals surface area contributed by atoms with Crippen molar-refractivity contribution in [3.05, 3.63) is 12.2 Å². The molecule has 0 heterocycles. The van der Waals surface area contributed by atoms with Gasteiger partial charge in [0.05, 0.1) is 0 Å². The summed E-state index contributed by atoms with van der Waals surface area (Å²) in [7, 11) is 0. The van der Waals surface area contributed by atoms with Crippen molar-refractivity contribution in [2.45, 2.75) is 12.5 Å². The normalized spacial score (nSPS) is 33.0. The maximum Gasteiger partial charge on any atom is 0.241 e. The fourth-order valence-electron chi connectivity index (χ4n) is 0.675. The third-order valence-corrected chi connectivity index (χ3v) is 1.40. The number of carbonyl (C=O) groups is 1. The lowest BCUT2D eigenvalue weighted by molar-refractivity contribution is -0.113. The van der Waals surface area contributed by atoms with Gasteiger partial charge in [0, 0.05) is 6.04 Å². The van der Waals surface area contributed by atoms with Crippen molar-refractivity contribution < 1.29 is 4.79 Å². The minimum Gasteiger partial charge on any atom is -0.366 e. The van der Waals surface area contributed by atoms with E-state index in [0.717, 1.165) is 6.42 Å². The summed E-state index contributed by atoms with van der Waals surface area (Å²) in [6, 6.07) is 0.264. The molecule has 0 spiro atoms. The third kappa shape index (κ3) is 1.85. The van der Waals surface area contributed by atoms with Gasteiger partial charge in [0.1, 0.15) is 0 Å². The van der Waals surface area contributed by atoms with Crippen LogP contribution in [0.2, 0.25) is 0 Å². The van der Waals surface area contributed by atoms with E-state index < -0.39 is 5.91 Å². The lowest BCUT2D eigenvalue weighted by atomic mass is 10.3. The van der Waals surface area contributed by atoms with Crippen LogP contribution in [0.4, 0.5) is 0 Å². The molecule has 0 unspecified atom stereocenters. The summed E-state index contributed by atoms with van der Waals surface area (Å²) in [5.41, 5.74) is 10.3. The van der Waals surface area contributed by atoms with Gasteiger partial charge in [-0.05, 0) is 18.4 Å². The Bertz CT molecular complexity index is 153. The molecular weight excluding hydrogens is 116 g/mol. The second kappa shape index (κ2) is 2.19. The van der Waals surface area contributed by atoms with Gasteiger partial charge in [0.15, 0.2) is 0 Å². The Morgan fingerprint density at radius 3 is 2.56 bits per heavy atom. The van der Waals surface area contributed by atoms with Crippen molar-refractivity contribution in [3.63, 3.8) is 0 Å². The highest BCUT2D eigenvalue weighted by molar-refractivity contribution is 5.85. The van der Waals surface area contributed by atoms with Gasteiger partial charge < -0.3 is 11.5 Å². The highest BCUT2D eigenvalue weighted by atomic mass is 16.1. The number of carbonyl (C=O) groups excluding carboxylic acids is 1. The van der Waals surface area contributed by atoms with Crippen LogP contribution in [-0.4, -0.2) is 11.9 Å². The van der Waals surface area contributed by atoms with Gasteiger partial charge in [-0.3, -0.25) is 4.79 Å². The molecule has 1 amide bonds. The van der Waals surface area contributed by atoms with E-state index in [2.05, 4.69) is 0 Å². The second-order valence-corrected chi connectivity index (χ2v) is 2.32. The Balaban J connectivity index is 2.25. The topological polar surface area (TPSA) is 69.1 Å². The predicted octanol–water partition coefficient (Wildman–Crippen LogP) is -0.625. The zero-order valence-corrected chi connectivity index (χ0v) is 5.08. The van der Waals surface area contributed by atoms with Crippen LogP contribution < -0.4 is 11.5 Å². The molecule has 0 saturated heterocycles. The van der Waals surface area contributed by atoms with Crippen molar-refractivity contribution in [2.75, 3.05) is 0 Å². The van der Waals surface area contributed by atoms with Crippen molar-refractivity contribution in [2.24, 2.45) is 17.4 Å². The molecule has 0 aromatic carbocycles. The molecule has 1 saturated carbocycles. The van der Waals surface area contributed by atoms with Crippen molar-refractivity contribution >= 4 is 5.91 Å². The first-order valence-electron chi connectivity index (χ1n) is 2.93. The Labute approximate surface area is 53.7 Å². The van der Waals surface area contributed by atoms with Crippen molar-refractivity contribution in [1.29, 1.82) is 0 Å². The molecule has 0 bridgehead atoms. The molecule has 2 atom stereocenters. The minimum atomic E-state index is -0.394. The quantitative estimate of drug-likeness (QED) is 0.484. The van der Waals surface area contributed by atoms with E-state index in [0.29, 0.717) is 5.92 Å². The van der Waals surface area contributed by atoms with Gasteiger partial charge in [-0.2, -0.15) is 0 Å². The molecule has 3 nitrogen and oxygen atoms in total. The molecule has 4 N–H and O–H groups in total. The number of amides is 1. The summed E-state index contributed by atoms with van der Waals surface area (Å²) in [6.07, 6.45) is 4.13. The summed E-state index contributed by atoms with van der Waals surface area (Å²) in [6.45, 7) is 0. The van der Waals surface area contributed by atoms with E-state index in [1.165, 1.54) is 6.08 Å². The second-order valence-electron chi connectivity index (χ2n) is 2.32. The zero-order chi connectivity index (χ0) is 6.85. The van der Waals surface area contributed by atoms with E-state index in [1.807, 2.05) is 0 Å². The average molecular weight is 126 g/mol. The van der Waals surface area contributed by atoms with Crippen LogP contribution in [0.5, 0.6) is 0 Å². The smallest absolute Gasteiger partial charge is 0.241 e. The van der Waals surface area contributed by atoms with Crippen LogP contribution in [0.15, 0.2) is 12.2 Å². The SMILES string of the molecule is NC(=O)/C=C/[C@H]1C[C@H]1N. The molecule has 3 heteroatoms. The lowest BCUT2D eigenvalue weighted by Crippen LogP contribution is -2.06. The number of hydrogen-bond acceptors (Lipinski definition) is 2. The minimum absolute atomic E-state index is 0.264. The fourth-order valence-corrected chi connectivity index (χ4v) is 0.675. The first-order chi connectivity index (χ1) is 4.20. The summed E-state index contributed by atoms with van der Waals surface area (Å²) in [5, 5.41) is 0. The number of nitrogens with two attached hydrogens (primary N) is 2. The van der Waals surface area contributed by atoms with Gasteiger partial charge in [0.2, 0.25) is 5.91 Å². The molecule has 1 aliphatic rings. The van der Waals surface area contributed by atoms with Crippen LogP contribution in [0.3, 0.4) is 0 Å². The highest BCUT2D eigenvalue weighted by Crippen LogP contribution is 2.28. The Morgan fingerprint density at radius 1 is 1.67 bits per heavy atom. The van der Waals surface area contributed by atoms with E-state index >= 15 is 0 Å². The van der Waals surface area contributed by atoms with E-state index in [4.69, 9.17) is 11.5 Å². The van der Waals surface area contributed by atoms with Gasteiger partial charge in [0.25, 0.3) is 0 Å². The Morgan fingerprint density at radius 2 is 2.22 bits per heavy atom. The summed E-state index contributed by atoms with van der Waals surface area (Å²) >= 11 is 0. The number of rotatable bonds is 2. The third-order valence-electron chi connectivity index (χ3n) is 1.40. The summed E-state index contributed by atoms with van der Waals surface area (Å²) in [4.78, 5) is 10.1. The molecule has 1 fully saturated rings. The largest absolute Gasteiger partial charge is 0.366 e. The van der Waals surface area contributed by atoms with Crippen LogP contribution in [-0.2, 0) is 4.79 Å². The van der Waals surface area contributed by atoms with Gasteiger partial charge >= 0.3 is 0 Å². The van der Waals surface area contributed by atoms with Crippen LogP contribution >= 0.6 is 0 Å². The Hall–Kier alpha value is -0.830. The average Bonchev–Trinajstić information content (AvgIpc) is 2.42. The molecule has 0 radical (unpaired) electrons. The summed E-state index contributed by atoms with van der Waals surface area (Å²) < 4.78 is 0. The lowest BCUT2D eigenvalue weighted by Gasteiger charge is -1.80. The highest BCUT2D eigenvalue weighted by Gasteiger charge is 2.30. The maximum atomic E-state index is 10.1. The van der Waals surface area contributed by atoms with Crippen molar-refractivity contribution in [3.8, 4) is 0 Å². The molecule has 0 aromatic rings. The van der Waals surface area contributed by atoms with E-state index in [1.54, 1.807) is 6.08 Å². The van der Waals surface area contributed by atoms with Crippen LogP contribution in [0.1, 0.15) is 6.42 Å². The van der Waals surface area contributed by atoms with E-state index in [-0.39, 0.29) is 6.04 Å². The van der Waals surface area contributed by atoms with Crippen molar-refractivity contribution in [1.82, 2.24) is 0 Å². The van der Waals surface area contributed by atoms with Gasteiger partial charge in [-0.25, -0.2) is 0 Å². The molecule has 1 aliphatic carbocycles. The number of hydrogen-bond donors (Lipinski definition) is 2. The maximum absolute atomic E-state index is 10.1. The van der Waals surface area contributed by atoms with E-state index in [9.17, 15) is 4.79 Å². The number of primary amides is 1. The summed E-state index contributed by atoms with van der Waals surface area (Å²) in [5.74, 6) is 0.00611. The first kappa shape index (κ1) is 6.29. The Kier molecular flexibility index (Phi) is 1.53. The molecule has 50 valence electrons. The first-order valence-corrected chi connectivity index (χ1v) is 2.93. The molecule has 1 rings (SSSR count). The molecular formula is C6H10N2O. The fraction of sp³-hybridized carbons (Fsp3) is 0.500. The van der Waals surface area contributed by atoms with Gasteiger partial charge in [-0.15, -0.1) is 0 Å². The standard InChI is InChI=1S/C6H10N2O/c7-5-3-4(5)1-2-6(8)9/h1-2,4-5H,3,7H2,(H2,8,9)/b2-1+/t4-,5+/m0/s1. The molecule has 9 heavy (non-hydrogen) atoms. The van der Waals surface area contributed by atoms with Crippen LogP contribution in [0.25, 0.3) is 0 Å². The molecule has 0 aliphatic heterocycles. The van der Waals surface area contributed by atoms with Crippen LogP contribution in [0, 0.1) is 5.92 Å². The molecule has 0 aromatic heterocycles. The predicted molar refractivity (Wildman–Crippen MR) is 34.4 cm³/mol. The zero-order valence-electron chi connectivity index (χ0n) is 5.08. The van der Waals surface area contributed by atoms with Gasteiger partial charge in [-0.1, -0.05) is 6.08 Å². The monoisotopic (exact) mass is 126 g/mol.